The lowest BCUT2D eigenvalue weighted by Gasteiger charge is -2.23. The second-order valence-electron chi connectivity index (χ2n) is 6.04. The highest BCUT2D eigenvalue weighted by atomic mass is 35.5. The van der Waals surface area contributed by atoms with Crippen molar-refractivity contribution in [3.05, 3.63) is 62.1 Å². The molecule has 0 radical (unpaired) electrons. The van der Waals surface area contributed by atoms with Crippen molar-refractivity contribution in [3.63, 3.8) is 0 Å². The maximum Gasteiger partial charge on any atom is 0.341 e. The first-order chi connectivity index (χ1) is 11.8. The Hall–Kier alpha value is -1.75. The predicted molar refractivity (Wildman–Crippen MR) is 96.4 cm³/mol. The number of carbonyl (C=O) groups is 2. The molecule has 0 saturated carbocycles. The molecule has 1 N–H and O–H groups in total. The number of hydrogen-bond acceptors (Lipinski definition) is 3. The first-order valence-electron chi connectivity index (χ1n) is 7.41. The number of benzene rings is 2. The predicted octanol–water partition coefficient (Wildman–Crippen LogP) is 4.81. The average molecular weight is 400 g/mol. The largest absolute Gasteiger partial charge is 0.480 e. The third-order valence-corrected chi connectivity index (χ3v) is 5.53. The Morgan fingerprint density at radius 2 is 1.92 bits per heavy atom. The van der Waals surface area contributed by atoms with E-state index in [1.165, 1.54) is 0 Å². The molecule has 0 heterocycles. The van der Waals surface area contributed by atoms with Crippen LogP contribution in [0.3, 0.4) is 0 Å². The fourth-order valence-electron chi connectivity index (χ4n) is 3.15. The van der Waals surface area contributed by atoms with Crippen molar-refractivity contribution in [2.24, 2.45) is 0 Å². The van der Waals surface area contributed by atoms with E-state index in [0.29, 0.717) is 28.1 Å². The summed E-state index contributed by atoms with van der Waals surface area (Å²) in [6, 6.07) is 8.73. The van der Waals surface area contributed by atoms with Crippen LogP contribution in [0, 0.1) is 0 Å². The molecule has 1 unspecified atom stereocenters. The normalized spacial score (nSPS) is 19.0. The van der Waals surface area contributed by atoms with E-state index in [1.807, 2.05) is 12.1 Å². The van der Waals surface area contributed by atoms with Gasteiger partial charge in [-0.05, 0) is 36.6 Å². The molecule has 4 nitrogen and oxygen atoms in total. The number of hydrogen-bond donors (Lipinski definition) is 1. The summed E-state index contributed by atoms with van der Waals surface area (Å²) in [4.78, 5) is 23.8. The fourth-order valence-corrected chi connectivity index (χ4v) is 3.99. The Kier molecular flexibility index (Phi) is 4.71. The minimum absolute atomic E-state index is 0.0263. The van der Waals surface area contributed by atoms with Crippen molar-refractivity contribution >= 4 is 46.6 Å². The minimum Gasteiger partial charge on any atom is -0.480 e. The number of carboxylic acids is 1. The quantitative estimate of drug-likeness (QED) is 0.801. The highest BCUT2D eigenvalue weighted by Gasteiger charge is 2.46. The summed E-state index contributed by atoms with van der Waals surface area (Å²) in [6.07, 6.45) is 0.366. The standard InChI is InChI=1S/C18H13Cl3O4/c1-18(10-4-2-3-5-11(10)19)7-9-6-12(25-8-13(22)23)15(20)16(21)14(9)17(18)24/h2-6H,7-8H2,1H3,(H,22,23). The van der Waals surface area contributed by atoms with Crippen LogP contribution in [0.25, 0.3) is 0 Å². The van der Waals surface area contributed by atoms with Crippen LogP contribution in [0.4, 0.5) is 0 Å². The molecule has 0 fully saturated rings. The molecule has 2 aromatic carbocycles. The van der Waals surface area contributed by atoms with E-state index in [0.717, 1.165) is 0 Å². The highest BCUT2D eigenvalue weighted by Crippen LogP contribution is 2.48. The van der Waals surface area contributed by atoms with Gasteiger partial charge in [-0.2, -0.15) is 0 Å². The van der Waals surface area contributed by atoms with Gasteiger partial charge >= 0.3 is 5.97 Å². The monoisotopic (exact) mass is 398 g/mol. The Bertz CT molecular complexity index is 894. The van der Waals surface area contributed by atoms with Gasteiger partial charge in [0.2, 0.25) is 0 Å². The fraction of sp³-hybridized carbons (Fsp3) is 0.222. The number of halogens is 3. The average Bonchev–Trinajstić information content (AvgIpc) is 2.81. The SMILES string of the molecule is CC1(c2ccccc2Cl)Cc2cc(OCC(=O)O)c(Cl)c(Cl)c2C1=O. The zero-order chi connectivity index (χ0) is 18.4. The number of carboxylic acid groups (broad SMARTS) is 1. The summed E-state index contributed by atoms with van der Waals surface area (Å²) in [5, 5.41) is 9.36. The zero-order valence-electron chi connectivity index (χ0n) is 13.1. The molecule has 1 aliphatic rings. The first kappa shape index (κ1) is 18.1. The summed E-state index contributed by atoms with van der Waals surface area (Å²) in [7, 11) is 0. The first-order valence-corrected chi connectivity index (χ1v) is 8.54. The molecular weight excluding hydrogens is 387 g/mol. The maximum atomic E-state index is 13.1. The van der Waals surface area contributed by atoms with Crippen LogP contribution in [0.15, 0.2) is 30.3 Å². The molecule has 2 aromatic rings. The molecule has 0 saturated heterocycles. The smallest absolute Gasteiger partial charge is 0.341 e. The Morgan fingerprint density at radius 3 is 2.56 bits per heavy atom. The molecule has 7 heteroatoms. The van der Waals surface area contributed by atoms with Gasteiger partial charge in [-0.25, -0.2) is 4.79 Å². The van der Waals surface area contributed by atoms with Crippen LogP contribution in [0.2, 0.25) is 15.1 Å². The third-order valence-electron chi connectivity index (χ3n) is 4.35. The topological polar surface area (TPSA) is 63.6 Å². The highest BCUT2D eigenvalue weighted by molar-refractivity contribution is 6.45. The number of rotatable bonds is 4. The molecule has 0 bridgehead atoms. The van der Waals surface area contributed by atoms with Gasteiger partial charge in [0.25, 0.3) is 0 Å². The lowest BCUT2D eigenvalue weighted by atomic mass is 9.79. The number of carbonyl (C=O) groups excluding carboxylic acids is 1. The van der Waals surface area contributed by atoms with Gasteiger partial charge in [0.15, 0.2) is 12.4 Å². The zero-order valence-corrected chi connectivity index (χ0v) is 15.4. The van der Waals surface area contributed by atoms with Crippen LogP contribution in [-0.2, 0) is 16.6 Å². The number of aliphatic carboxylic acids is 1. The van der Waals surface area contributed by atoms with Gasteiger partial charge in [-0.15, -0.1) is 0 Å². The Balaban J connectivity index is 2.08. The Morgan fingerprint density at radius 1 is 1.24 bits per heavy atom. The van der Waals surface area contributed by atoms with Crippen molar-refractivity contribution in [3.8, 4) is 5.75 Å². The minimum atomic E-state index is -1.13. The molecule has 0 spiro atoms. The molecule has 130 valence electrons. The van der Waals surface area contributed by atoms with Crippen LogP contribution >= 0.6 is 34.8 Å². The van der Waals surface area contributed by atoms with Crippen molar-refractivity contribution in [1.29, 1.82) is 0 Å². The van der Waals surface area contributed by atoms with Gasteiger partial charge in [0.1, 0.15) is 10.8 Å². The molecule has 1 aliphatic carbocycles. The Labute approximate surface area is 159 Å². The molecular formula is C18H13Cl3O4. The lowest BCUT2D eigenvalue weighted by molar-refractivity contribution is -0.139. The van der Waals surface area contributed by atoms with Gasteiger partial charge in [0, 0.05) is 10.6 Å². The van der Waals surface area contributed by atoms with Crippen LogP contribution in [0.5, 0.6) is 5.75 Å². The summed E-state index contributed by atoms with van der Waals surface area (Å²) in [5.41, 5.74) is 0.816. The molecule has 0 aromatic heterocycles. The number of ether oxygens (including phenoxy) is 1. The van der Waals surface area contributed by atoms with E-state index in [-0.39, 0.29) is 21.6 Å². The van der Waals surface area contributed by atoms with Crippen molar-refractivity contribution in [2.75, 3.05) is 6.61 Å². The van der Waals surface area contributed by atoms with Crippen LogP contribution in [-0.4, -0.2) is 23.5 Å². The summed E-state index contributed by atoms with van der Waals surface area (Å²) in [6.45, 7) is 1.25. The van der Waals surface area contributed by atoms with E-state index in [1.54, 1.807) is 25.1 Å². The van der Waals surface area contributed by atoms with Crippen molar-refractivity contribution in [2.45, 2.75) is 18.8 Å². The van der Waals surface area contributed by atoms with Crippen LogP contribution < -0.4 is 4.74 Å². The molecule has 25 heavy (non-hydrogen) atoms. The van der Waals surface area contributed by atoms with E-state index in [9.17, 15) is 9.59 Å². The summed E-state index contributed by atoms with van der Waals surface area (Å²) < 4.78 is 5.18. The van der Waals surface area contributed by atoms with Crippen molar-refractivity contribution in [1.82, 2.24) is 0 Å². The van der Waals surface area contributed by atoms with Crippen LogP contribution in [0.1, 0.15) is 28.4 Å². The maximum absolute atomic E-state index is 13.1. The molecule has 0 aliphatic heterocycles. The number of fused-ring (bicyclic) bond motifs is 1. The van der Waals surface area contributed by atoms with Gasteiger partial charge in [-0.1, -0.05) is 53.0 Å². The summed E-state index contributed by atoms with van der Waals surface area (Å²) in [5.74, 6) is -1.17. The summed E-state index contributed by atoms with van der Waals surface area (Å²) >= 11 is 18.8. The van der Waals surface area contributed by atoms with Crippen molar-refractivity contribution < 1.29 is 19.4 Å². The van der Waals surface area contributed by atoms with E-state index >= 15 is 0 Å². The van der Waals surface area contributed by atoms with E-state index in [2.05, 4.69) is 0 Å². The van der Waals surface area contributed by atoms with E-state index in [4.69, 9.17) is 44.6 Å². The second-order valence-corrected chi connectivity index (χ2v) is 7.20. The van der Waals surface area contributed by atoms with Gasteiger partial charge < -0.3 is 9.84 Å². The molecule has 1 atom stereocenters. The number of ketones is 1. The van der Waals surface area contributed by atoms with Gasteiger partial charge in [0.05, 0.1) is 10.4 Å². The second kappa shape index (κ2) is 6.52. The molecule has 0 amide bonds. The molecule has 3 rings (SSSR count). The van der Waals surface area contributed by atoms with E-state index < -0.39 is 18.0 Å². The lowest BCUT2D eigenvalue weighted by Crippen LogP contribution is -2.29. The third kappa shape index (κ3) is 2.99. The number of Topliss-reactive ketones (excluding diaryl/α,β-unsaturated/α-hetero) is 1. The van der Waals surface area contributed by atoms with Gasteiger partial charge in [-0.3, -0.25) is 4.79 Å².